The first-order valence-electron chi connectivity index (χ1n) is 7.27. The molecule has 114 valence electrons. The monoisotopic (exact) mass is 297 g/mol. The maximum atomic E-state index is 12.4. The van der Waals surface area contributed by atoms with E-state index in [2.05, 4.69) is 0 Å². The predicted octanol–water partition coefficient (Wildman–Crippen LogP) is 3.38. The summed E-state index contributed by atoms with van der Waals surface area (Å²) < 4.78 is 11.9. The van der Waals surface area contributed by atoms with Crippen LogP contribution in [0, 0.1) is 6.92 Å². The van der Waals surface area contributed by atoms with E-state index in [0.717, 1.165) is 5.56 Å². The van der Waals surface area contributed by atoms with Crippen molar-refractivity contribution in [3.8, 4) is 11.5 Å². The van der Waals surface area contributed by atoms with Crippen molar-refractivity contribution >= 4 is 11.5 Å². The zero-order valence-electron chi connectivity index (χ0n) is 12.8. The van der Waals surface area contributed by atoms with Gasteiger partial charge in [0.2, 0.25) is 0 Å². The third-order valence-electron chi connectivity index (χ3n) is 3.82. The van der Waals surface area contributed by atoms with Crippen LogP contribution in [0.2, 0.25) is 0 Å². The van der Waals surface area contributed by atoms with Crippen molar-refractivity contribution in [2.45, 2.75) is 25.9 Å². The SMILES string of the molecule is Cc1cccc2c1OC(C)(COc1ccc(N)cc1)CC2=O. The van der Waals surface area contributed by atoms with E-state index in [0.29, 0.717) is 35.8 Å². The molecule has 0 bridgehead atoms. The van der Waals surface area contributed by atoms with Crippen molar-refractivity contribution in [2.75, 3.05) is 12.3 Å². The van der Waals surface area contributed by atoms with Gasteiger partial charge in [-0.2, -0.15) is 0 Å². The summed E-state index contributed by atoms with van der Waals surface area (Å²) in [5, 5.41) is 0. The zero-order valence-corrected chi connectivity index (χ0v) is 12.8. The number of para-hydroxylation sites is 1. The summed E-state index contributed by atoms with van der Waals surface area (Å²) in [5.74, 6) is 1.47. The smallest absolute Gasteiger partial charge is 0.170 e. The van der Waals surface area contributed by atoms with Gasteiger partial charge in [0.25, 0.3) is 0 Å². The molecule has 0 aromatic heterocycles. The Hall–Kier alpha value is -2.49. The maximum absolute atomic E-state index is 12.4. The summed E-state index contributed by atoms with van der Waals surface area (Å²) in [7, 11) is 0. The number of fused-ring (bicyclic) bond motifs is 1. The van der Waals surface area contributed by atoms with E-state index in [1.54, 1.807) is 12.1 Å². The third kappa shape index (κ3) is 2.77. The minimum Gasteiger partial charge on any atom is -0.489 e. The van der Waals surface area contributed by atoms with Gasteiger partial charge in [-0.15, -0.1) is 0 Å². The van der Waals surface area contributed by atoms with E-state index < -0.39 is 5.60 Å². The van der Waals surface area contributed by atoms with Crippen LogP contribution in [-0.4, -0.2) is 18.0 Å². The Morgan fingerprint density at radius 3 is 2.68 bits per heavy atom. The van der Waals surface area contributed by atoms with E-state index in [1.165, 1.54) is 0 Å². The molecule has 0 aliphatic carbocycles. The number of rotatable bonds is 3. The molecule has 1 heterocycles. The molecule has 1 aliphatic heterocycles. The minimum absolute atomic E-state index is 0.0911. The molecule has 4 nitrogen and oxygen atoms in total. The number of Topliss-reactive ketones (excluding diaryl/α,β-unsaturated/α-hetero) is 1. The lowest BCUT2D eigenvalue weighted by Crippen LogP contribution is -2.44. The molecule has 0 saturated carbocycles. The second-order valence-electron chi connectivity index (χ2n) is 5.96. The van der Waals surface area contributed by atoms with Gasteiger partial charge in [-0.05, 0) is 49.7 Å². The van der Waals surface area contributed by atoms with Crippen LogP contribution < -0.4 is 15.2 Å². The zero-order chi connectivity index (χ0) is 15.7. The van der Waals surface area contributed by atoms with E-state index in [-0.39, 0.29) is 5.78 Å². The van der Waals surface area contributed by atoms with Crippen LogP contribution in [0.5, 0.6) is 11.5 Å². The van der Waals surface area contributed by atoms with Crippen LogP contribution in [0.4, 0.5) is 5.69 Å². The molecule has 0 radical (unpaired) electrons. The Morgan fingerprint density at radius 2 is 1.95 bits per heavy atom. The number of carbonyl (C=O) groups excluding carboxylic acids is 1. The summed E-state index contributed by atoms with van der Waals surface area (Å²) in [6, 6.07) is 12.8. The van der Waals surface area contributed by atoms with Gasteiger partial charge >= 0.3 is 0 Å². The maximum Gasteiger partial charge on any atom is 0.170 e. The highest BCUT2D eigenvalue weighted by molar-refractivity contribution is 6.00. The molecule has 2 N–H and O–H groups in total. The molecule has 2 aromatic rings. The highest BCUT2D eigenvalue weighted by Crippen LogP contribution is 2.36. The third-order valence-corrected chi connectivity index (χ3v) is 3.82. The topological polar surface area (TPSA) is 61.6 Å². The number of carbonyl (C=O) groups is 1. The lowest BCUT2D eigenvalue weighted by Gasteiger charge is -2.35. The van der Waals surface area contributed by atoms with Crippen LogP contribution >= 0.6 is 0 Å². The second kappa shape index (κ2) is 5.37. The molecule has 2 aromatic carbocycles. The Kier molecular flexibility index (Phi) is 3.53. The van der Waals surface area contributed by atoms with Gasteiger partial charge in [-0.25, -0.2) is 0 Å². The lowest BCUT2D eigenvalue weighted by molar-refractivity contribution is 0.0185. The Labute approximate surface area is 129 Å². The second-order valence-corrected chi connectivity index (χ2v) is 5.96. The molecule has 3 rings (SSSR count). The normalized spacial score (nSPS) is 20.2. The fourth-order valence-electron chi connectivity index (χ4n) is 2.61. The van der Waals surface area contributed by atoms with Gasteiger partial charge in [-0.1, -0.05) is 12.1 Å². The first-order valence-corrected chi connectivity index (χ1v) is 7.27. The molecule has 0 amide bonds. The molecule has 1 unspecified atom stereocenters. The van der Waals surface area contributed by atoms with Crippen molar-refractivity contribution < 1.29 is 14.3 Å². The van der Waals surface area contributed by atoms with Crippen molar-refractivity contribution in [1.82, 2.24) is 0 Å². The van der Waals surface area contributed by atoms with Crippen molar-refractivity contribution in [3.63, 3.8) is 0 Å². The molecule has 0 fully saturated rings. The first-order chi connectivity index (χ1) is 10.5. The molecule has 22 heavy (non-hydrogen) atoms. The number of aryl methyl sites for hydroxylation is 1. The van der Waals surface area contributed by atoms with Gasteiger partial charge < -0.3 is 15.2 Å². The van der Waals surface area contributed by atoms with Gasteiger partial charge in [0.1, 0.15) is 23.7 Å². The van der Waals surface area contributed by atoms with E-state index in [4.69, 9.17) is 15.2 Å². The molecule has 4 heteroatoms. The van der Waals surface area contributed by atoms with Crippen LogP contribution in [0.25, 0.3) is 0 Å². The lowest BCUT2D eigenvalue weighted by atomic mass is 9.91. The van der Waals surface area contributed by atoms with E-state index >= 15 is 0 Å². The molecule has 0 spiro atoms. The number of ketones is 1. The molecular formula is C18H19NO3. The van der Waals surface area contributed by atoms with Crippen molar-refractivity contribution in [1.29, 1.82) is 0 Å². The van der Waals surface area contributed by atoms with E-state index in [9.17, 15) is 4.79 Å². The van der Waals surface area contributed by atoms with Crippen LogP contribution in [0.1, 0.15) is 29.3 Å². The average Bonchev–Trinajstić information content (AvgIpc) is 2.48. The van der Waals surface area contributed by atoms with E-state index in [1.807, 2.05) is 44.2 Å². The van der Waals surface area contributed by atoms with Crippen molar-refractivity contribution in [3.05, 3.63) is 53.6 Å². The summed E-state index contributed by atoms with van der Waals surface area (Å²) in [5.41, 5.74) is 7.29. The largest absolute Gasteiger partial charge is 0.489 e. The van der Waals surface area contributed by atoms with Crippen LogP contribution in [0.15, 0.2) is 42.5 Å². The molecule has 1 aliphatic rings. The quantitative estimate of drug-likeness (QED) is 0.882. The Morgan fingerprint density at radius 1 is 1.23 bits per heavy atom. The highest BCUT2D eigenvalue weighted by atomic mass is 16.5. The summed E-state index contributed by atoms with van der Waals surface area (Å²) in [6.07, 6.45) is 0.304. The number of hydrogen-bond donors (Lipinski definition) is 1. The summed E-state index contributed by atoms with van der Waals surface area (Å²) in [6.45, 7) is 4.15. The average molecular weight is 297 g/mol. The predicted molar refractivity (Wildman–Crippen MR) is 85.5 cm³/mol. The highest BCUT2D eigenvalue weighted by Gasteiger charge is 2.38. The number of benzene rings is 2. The van der Waals surface area contributed by atoms with Crippen LogP contribution in [0.3, 0.4) is 0 Å². The molecule has 0 saturated heterocycles. The fraction of sp³-hybridized carbons (Fsp3) is 0.278. The van der Waals surface area contributed by atoms with Gasteiger partial charge in [0.05, 0.1) is 12.0 Å². The number of nitrogen functional groups attached to an aromatic ring is 1. The number of hydrogen-bond acceptors (Lipinski definition) is 4. The minimum atomic E-state index is -0.669. The fourth-order valence-corrected chi connectivity index (χ4v) is 2.61. The number of ether oxygens (including phenoxy) is 2. The standard InChI is InChI=1S/C18H19NO3/c1-12-4-3-5-15-16(20)10-18(2,22-17(12)15)11-21-14-8-6-13(19)7-9-14/h3-9H,10-11,19H2,1-2H3. The van der Waals surface area contributed by atoms with Crippen LogP contribution in [-0.2, 0) is 0 Å². The molecular weight excluding hydrogens is 278 g/mol. The first kappa shape index (κ1) is 14.4. The summed E-state index contributed by atoms with van der Waals surface area (Å²) >= 11 is 0. The number of anilines is 1. The van der Waals surface area contributed by atoms with Gasteiger partial charge in [0, 0.05) is 5.69 Å². The Bertz CT molecular complexity index is 709. The number of nitrogens with two attached hydrogens (primary N) is 1. The van der Waals surface area contributed by atoms with Gasteiger partial charge in [0.15, 0.2) is 5.78 Å². The van der Waals surface area contributed by atoms with Gasteiger partial charge in [-0.3, -0.25) is 4.79 Å². The summed E-state index contributed by atoms with van der Waals surface area (Å²) in [4.78, 5) is 12.4. The van der Waals surface area contributed by atoms with Crippen molar-refractivity contribution in [2.24, 2.45) is 0 Å². The molecule has 1 atom stereocenters. The Balaban J connectivity index is 1.78.